The minimum absolute atomic E-state index is 0.0584. The number of para-hydroxylation sites is 2. The molecule has 0 unspecified atom stereocenters. The number of hydrogen-bond donors (Lipinski definition) is 2. The van der Waals surface area contributed by atoms with Crippen molar-refractivity contribution >= 4 is 44.7 Å². The second-order valence-electron chi connectivity index (χ2n) is 3.86. The molecule has 90 valence electrons. The van der Waals surface area contributed by atoms with Gasteiger partial charge in [-0.25, -0.2) is 0 Å². The highest BCUT2D eigenvalue weighted by atomic mass is 127. The zero-order valence-electron chi connectivity index (χ0n) is 9.04. The first-order valence-corrected chi connectivity index (χ1v) is 6.26. The number of halogens is 1. The van der Waals surface area contributed by atoms with Crippen molar-refractivity contribution < 1.29 is 14.7 Å². The molecule has 0 bridgehead atoms. The van der Waals surface area contributed by atoms with Gasteiger partial charge in [-0.05, 0) is 40.8 Å². The lowest BCUT2D eigenvalue weighted by Crippen LogP contribution is -2.20. The zero-order chi connectivity index (χ0) is 12.9. The number of hydrogen-bond acceptors (Lipinski definition) is 3. The molecule has 3 aromatic rings. The van der Waals surface area contributed by atoms with Crippen LogP contribution in [0.5, 0.6) is 5.75 Å². The maximum absolute atomic E-state index is 12.2. The van der Waals surface area contributed by atoms with Crippen LogP contribution in [0.2, 0.25) is 0 Å². The minimum atomic E-state index is -0.128. The fourth-order valence-electron chi connectivity index (χ4n) is 1.98. The number of fused-ring (bicyclic) bond motifs is 2. The van der Waals surface area contributed by atoms with Crippen LogP contribution >= 0.6 is 22.6 Å². The molecule has 0 radical (unpaired) electrons. The van der Waals surface area contributed by atoms with E-state index in [2.05, 4.69) is 0 Å². The van der Waals surface area contributed by atoms with E-state index in [1.165, 1.54) is 0 Å². The average Bonchev–Trinajstić information content (AvgIpc) is 2.39. The van der Waals surface area contributed by atoms with Crippen molar-refractivity contribution in [1.29, 1.82) is 0 Å². The smallest absolute Gasteiger partial charge is 0.332 e. The van der Waals surface area contributed by atoms with Gasteiger partial charge in [0.05, 0.1) is 8.00 Å². The summed E-state index contributed by atoms with van der Waals surface area (Å²) in [5, 5.41) is 20.1. The van der Waals surface area contributed by atoms with Gasteiger partial charge >= 0.3 is 5.52 Å². The van der Waals surface area contributed by atoms with Gasteiger partial charge < -0.3 is 10.3 Å². The molecule has 1 aromatic heterocycles. The van der Waals surface area contributed by atoms with E-state index in [1.807, 2.05) is 22.6 Å². The van der Waals surface area contributed by atoms with Gasteiger partial charge in [-0.2, -0.15) is 4.73 Å². The molecule has 6 heteroatoms. The van der Waals surface area contributed by atoms with Crippen LogP contribution in [0.4, 0.5) is 0 Å². The maximum atomic E-state index is 12.2. The SMILES string of the molecule is O=[n+]1c2ccccc2n(O)c2ccc(I)c(O)c21. The van der Waals surface area contributed by atoms with Gasteiger partial charge in [0.15, 0.2) is 11.0 Å². The minimum Gasteiger partial charge on any atom is -0.501 e. The van der Waals surface area contributed by atoms with E-state index in [-0.39, 0.29) is 16.8 Å². The number of nitrogens with zero attached hydrogens (tertiary/aromatic N) is 2. The summed E-state index contributed by atoms with van der Waals surface area (Å²) < 4.78 is 2.10. The summed E-state index contributed by atoms with van der Waals surface area (Å²) >= 11 is 1.93. The fourth-order valence-corrected chi connectivity index (χ4v) is 2.42. The van der Waals surface area contributed by atoms with Crippen LogP contribution in [-0.2, 0) is 0 Å². The summed E-state index contributed by atoms with van der Waals surface area (Å²) in [6.07, 6.45) is 0. The monoisotopic (exact) mass is 355 g/mol. The highest BCUT2D eigenvalue weighted by Gasteiger charge is 2.22. The Balaban J connectivity index is 2.72. The van der Waals surface area contributed by atoms with Crippen molar-refractivity contribution in [3.8, 4) is 5.75 Å². The Hall–Kier alpha value is -1.83. The van der Waals surface area contributed by atoms with Gasteiger partial charge in [0, 0.05) is 11.0 Å². The second kappa shape index (κ2) is 3.84. The molecule has 2 N–H and O–H groups in total. The summed E-state index contributed by atoms with van der Waals surface area (Å²) in [5.41, 5.74) is 1.01. The summed E-state index contributed by atoms with van der Waals surface area (Å²) in [6.45, 7) is 0. The third kappa shape index (κ3) is 1.38. The van der Waals surface area contributed by atoms with Crippen molar-refractivity contribution in [2.24, 2.45) is 0 Å². The Morgan fingerprint density at radius 1 is 1.11 bits per heavy atom. The van der Waals surface area contributed by atoms with Crippen LogP contribution in [0.15, 0.2) is 36.4 Å². The van der Waals surface area contributed by atoms with E-state index in [0.29, 0.717) is 19.0 Å². The molecule has 5 nitrogen and oxygen atoms in total. The molecular formula is C12H8IN2O3+. The van der Waals surface area contributed by atoms with Crippen molar-refractivity contribution in [3.63, 3.8) is 0 Å². The Labute approximate surface area is 115 Å². The lowest BCUT2D eigenvalue weighted by molar-refractivity contribution is -0.433. The largest absolute Gasteiger partial charge is 0.501 e. The Morgan fingerprint density at radius 3 is 2.61 bits per heavy atom. The van der Waals surface area contributed by atoms with E-state index < -0.39 is 0 Å². The van der Waals surface area contributed by atoms with Crippen molar-refractivity contribution in [2.75, 3.05) is 0 Å². The molecule has 0 saturated heterocycles. The van der Waals surface area contributed by atoms with E-state index in [4.69, 9.17) is 0 Å². The first kappa shape index (κ1) is 11.3. The molecule has 0 fully saturated rings. The molecule has 0 aliphatic rings. The summed E-state index contributed by atoms with van der Waals surface area (Å²) in [5.74, 6) is -0.128. The lowest BCUT2D eigenvalue weighted by atomic mass is 10.2. The van der Waals surface area contributed by atoms with Crippen LogP contribution in [0.3, 0.4) is 0 Å². The predicted molar refractivity (Wildman–Crippen MR) is 74.4 cm³/mol. The molecule has 0 spiro atoms. The molecular weight excluding hydrogens is 347 g/mol. The Kier molecular flexibility index (Phi) is 2.40. The van der Waals surface area contributed by atoms with Crippen LogP contribution in [0.25, 0.3) is 22.1 Å². The fraction of sp³-hybridized carbons (Fsp3) is 0. The first-order chi connectivity index (χ1) is 8.61. The molecule has 0 aliphatic heterocycles. The Morgan fingerprint density at radius 2 is 1.83 bits per heavy atom. The molecule has 0 atom stereocenters. The van der Waals surface area contributed by atoms with Gasteiger partial charge in [0.25, 0.3) is 5.52 Å². The van der Waals surface area contributed by atoms with Gasteiger partial charge in [-0.3, -0.25) is 0 Å². The van der Waals surface area contributed by atoms with Gasteiger partial charge in [0.1, 0.15) is 0 Å². The molecule has 0 saturated carbocycles. The average molecular weight is 355 g/mol. The number of phenols is 1. The highest BCUT2D eigenvalue weighted by molar-refractivity contribution is 14.1. The number of rotatable bonds is 0. The summed E-state index contributed by atoms with van der Waals surface area (Å²) in [6, 6.07) is 9.89. The summed E-state index contributed by atoms with van der Waals surface area (Å²) in [7, 11) is 0. The van der Waals surface area contributed by atoms with Crippen molar-refractivity contribution in [3.05, 3.63) is 44.9 Å². The molecule has 18 heavy (non-hydrogen) atoms. The number of phenolic OH excluding ortho intramolecular Hbond substituents is 1. The van der Waals surface area contributed by atoms with Gasteiger partial charge in [0.2, 0.25) is 5.75 Å². The first-order valence-electron chi connectivity index (χ1n) is 5.18. The number of benzene rings is 2. The van der Waals surface area contributed by atoms with E-state index >= 15 is 0 Å². The van der Waals surface area contributed by atoms with E-state index in [0.717, 1.165) is 4.73 Å². The topological polar surface area (TPSA) is 68.4 Å². The third-order valence-corrected chi connectivity index (χ3v) is 3.71. The standard InChI is InChI=1S/C12H7IN2O3/c13-7-5-6-10-11(12(7)16)15(18)9-4-2-1-3-8(9)14(10)17/h1-6,17H/p+1. The van der Waals surface area contributed by atoms with E-state index in [1.54, 1.807) is 36.4 Å². The molecule has 1 heterocycles. The molecule has 0 aliphatic carbocycles. The van der Waals surface area contributed by atoms with Gasteiger partial charge in [-0.15, -0.1) is 0 Å². The normalized spacial score (nSPS) is 11.2. The van der Waals surface area contributed by atoms with Gasteiger partial charge in [-0.1, -0.05) is 12.1 Å². The maximum Gasteiger partial charge on any atom is 0.332 e. The summed E-state index contributed by atoms with van der Waals surface area (Å²) in [4.78, 5) is 12.2. The lowest BCUT2D eigenvalue weighted by Gasteiger charge is -2.04. The van der Waals surface area contributed by atoms with Crippen LogP contribution < -0.4 is 4.43 Å². The molecule has 0 amide bonds. The quantitative estimate of drug-likeness (QED) is 0.281. The van der Waals surface area contributed by atoms with Crippen molar-refractivity contribution in [1.82, 2.24) is 4.73 Å². The number of aromatic nitrogens is 2. The van der Waals surface area contributed by atoms with E-state index in [9.17, 15) is 15.2 Å². The molecule has 2 aromatic carbocycles. The second-order valence-corrected chi connectivity index (χ2v) is 5.02. The highest BCUT2D eigenvalue weighted by Crippen LogP contribution is 2.28. The zero-order valence-corrected chi connectivity index (χ0v) is 11.2. The third-order valence-electron chi connectivity index (χ3n) is 2.84. The number of aromatic hydroxyl groups is 1. The van der Waals surface area contributed by atoms with Crippen LogP contribution in [-0.4, -0.2) is 15.0 Å². The molecule has 3 rings (SSSR count). The van der Waals surface area contributed by atoms with Crippen molar-refractivity contribution in [2.45, 2.75) is 0 Å². The Bertz CT molecular complexity index is 842. The van der Waals surface area contributed by atoms with Crippen LogP contribution in [0, 0.1) is 8.48 Å². The predicted octanol–water partition coefficient (Wildman–Crippen LogP) is 2.26. The van der Waals surface area contributed by atoms with Crippen LogP contribution in [0.1, 0.15) is 0 Å².